The second kappa shape index (κ2) is 5.64. The van der Waals surface area contributed by atoms with Gasteiger partial charge in [-0.15, -0.1) is 0 Å². The normalized spacial score (nSPS) is 11.4. The summed E-state index contributed by atoms with van der Waals surface area (Å²) in [4.78, 5) is 0. The number of oxime groups is 1. The highest BCUT2D eigenvalue weighted by molar-refractivity contribution is 5.96. The smallest absolute Gasteiger partial charge is 0.115 e. The average molecular weight is 311 g/mol. The van der Waals surface area contributed by atoms with Crippen LogP contribution in [0, 0.1) is 13.8 Å². The number of hydrogen-bond acceptors (Lipinski definition) is 5. The molecule has 3 aromatic rings. The Morgan fingerprint density at radius 3 is 2.43 bits per heavy atom. The summed E-state index contributed by atoms with van der Waals surface area (Å²) in [7, 11) is 1.79. The summed E-state index contributed by atoms with van der Waals surface area (Å²) in [5.74, 6) is 0.960. The van der Waals surface area contributed by atoms with Gasteiger partial charge >= 0.3 is 0 Å². The second-order valence-electron chi connectivity index (χ2n) is 5.37. The molecule has 3 rings (SSSR count). The maximum atomic E-state index is 9.49. The van der Waals surface area contributed by atoms with Crippen LogP contribution >= 0.6 is 0 Å². The van der Waals surface area contributed by atoms with E-state index in [4.69, 9.17) is 9.62 Å². The van der Waals surface area contributed by atoms with Crippen molar-refractivity contribution in [2.24, 2.45) is 12.2 Å². The molecule has 0 saturated carbocycles. The Kier molecular flexibility index (Phi) is 3.65. The van der Waals surface area contributed by atoms with E-state index in [1.165, 1.54) is 6.21 Å². The van der Waals surface area contributed by atoms with Gasteiger partial charge in [-0.2, -0.15) is 5.10 Å². The van der Waals surface area contributed by atoms with E-state index >= 15 is 0 Å². The lowest BCUT2D eigenvalue weighted by Crippen LogP contribution is -1.98. The molecule has 6 heteroatoms. The fraction of sp³-hybridized carbons (Fsp3) is 0.176. The van der Waals surface area contributed by atoms with Crippen molar-refractivity contribution in [2.75, 3.05) is 0 Å². The highest BCUT2D eigenvalue weighted by Crippen LogP contribution is 2.38. The summed E-state index contributed by atoms with van der Waals surface area (Å²) in [6.45, 7) is 3.84. The van der Waals surface area contributed by atoms with Crippen LogP contribution in [0.1, 0.15) is 17.0 Å². The van der Waals surface area contributed by atoms with Crippen LogP contribution in [0.2, 0.25) is 0 Å². The van der Waals surface area contributed by atoms with Crippen LogP contribution in [-0.4, -0.2) is 26.3 Å². The topological polar surface area (TPSA) is 83.8 Å². The van der Waals surface area contributed by atoms with Gasteiger partial charge in [-0.25, -0.2) is 0 Å². The molecule has 0 aliphatic rings. The Morgan fingerprint density at radius 2 is 1.87 bits per heavy atom. The zero-order valence-electron chi connectivity index (χ0n) is 13.1. The van der Waals surface area contributed by atoms with Crippen LogP contribution in [0.15, 0.2) is 40.1 Å². The highest BCUT2D eigenvalue weighted by Gasteiger charge is 2.23. The lowest BCUT2D eigenvalue weighted by molar-refractivity contribution is 0.321. The van der Waals surface area contributed by atoms with Crippen molar-refractivity contribution in [3.63, 3.8) is 0 Å². The van der Waals surface area contributed by atoms with Crippen LogP contribution in [0.5, 0.6) is 5.75 Å². The molecule has 2 aromatic heterocycles. The van der Waals surface area contributed by atoms with E-state index in [1.54, 1.807) is 42.3 Å². The van der Waals surface area contributed by atoms with E-state index in [2.05, 4.69) is 10.3 Å². The van der Waals surface area contributed by atoms with Crippen LogP contribution in [0.3, 0.4) is 0 Å². The molecule has 0 spiro atoms. The van der Waals surface area contributed by atoms with E-state index in [9.17, 15) is 5.11 Å². The molecule has 6 nitrogen and oxygen atoms in total. The van der Waals surface area contributed by atoms with Crippen LogP contribution in [-0.2, 0) is 7.05 Å². The minimum atomic E-state index is 0.194. The number of hydrogen-bond donors (Lipinski definition) is 2. The van der Waals surface area contributed by atoms with E-state index < -0.39 is 0 Å². The molecular weight excluding hydrogens is 294 g/mol. The standard InChI is InChI=1S/C17H17N3O3/c1-10-9-23-11(2)15(10)16-14(8-18-22)20(3)19-17(16)12-4-6-13(21)7-5-12/h4-9,21-22H,1-3H3. The van der Waals surface area contributed by atoms with Crippen LogP contribution in [0.4, 0.5) is 0 Å². The largest absolute Gasteiger partial charge is 0.508 e. The first-order chi connectivity index (χ1) is 11.0. The molecule has 2 heterocycles. The molecule has 0 aliphatic heterocycles. The zero-order valence-corrected chi connectivity index (χ0v) is 13.1. The van der Waals surface area contributed by atoms with Gasteiger partial charge in [0.2, 0.25) is 0 Å². The molecule has 0 unspecified atom stereocenters. The minimum absolute atomic E-state index is 0.194. The Morgan fingerprint density at radius 1 is 1.17 bits per heavy atom. The van der Waals surface area contributed by atoms with Gasteiger partial charge in [-0.1, -0.05) is 5.16 Å². The van der Waals surface area contributed by atoms with Crippen molar-refractivity contribution in [1.29, 1.82) is 0 Å². The van der Waals surface area contributed by atoms with Crippen molar-refractivity contribution >= 4 is 6.21 Å². The zero-order chi connectivity index (χ0) is 16.6. The molecule has 1 aromatic carbocycles. The molecule has 0 amide bonds. The van der Waals surface area contributed by atoms with Gasteiger partial charge in [-0.05, 0) is 43.7 Å². The van der Waals surface area contributed by atoms with Gasteiger partial charge in [0, 0.05) is 23.7 Å². The Balaban J connectivity index is 2.33. The summed E-state index contributed by atoms with van der Waals surface area (Å²) in [6, 6.07) is 6.82. The Labute approximate surface area is 133 Å². The maximum absolute atomic E-state index is 9.49. The maximum Gasteiger partial charge on any atom is 0.115 e. The van der Waals surface area contributed by atoms with Gasteiger partial charge < -0.3 is 14.7 Å². The molecule has 23 heavy (non-hydrogen) atoms. The molecule has 2 N–H and O–H groups in total. The molecule has 118 valence electrons. The minimum Gasteiger partial charge on any atom is -0.508 e. The predicted octanol–water partition coefficient (Wildman–Crippen LogP) is 3.48. The van der Waals surface area contributed by atoms with E-state index in [0.29, 0.717) is 5.69 Å². The highest BCUT2D eigenvalue weighted by atomic mass is 16.4. The van der Waals surface area contributed by atoms with Gasteiger partial charge in [-0.3, -0.25) is 4.68 Å². The molecule has 0 atom stereocenters. The number of furan rings is 1. The fourth-order valence-electron chi connectivity index (χ4n) is 2.75. The molecule has 0 fully saturated rings. The van der Waals surface area contributed by atoms with Crippen molar-refractivity contribution in [3.8, 4) is 28.1 Å². The summed E-state index contributed by atoms with van der Waals surface area (Å²) in [5, 5.41) is 26.2. The summed E-state index contributed by atoms with van der Waals surface area (Å²) < 4.78 is 7.17. The fourth-order valence-corrected chi connectivity index (χ4v) is 2.75. The number of phenolic OH excluding ortho intramolecular Hbond substituents is 1. The number of phenols is 1. The predicted molar refractivity (Wildman–Crippen MR) is 86.9 cm³/mol. The Hall–Kier alpha value is -3.02. The number of benzene rings is 1. The third kappa shape index (κ3) is 2.48. The Bertz CT molecular complexity index is 854. The summed E-state index contributed by atoms with van der Waals surface area (Å²) in [6.07, 6.45) is 3.05. The SMILES string of the molecule is Cc1coc(C)c1-c1c(-c2ccc(O)cc2)nn(C)c1C=NO. The molecule has 0 aliphatic carbocycles. The average Bonchev–Trinajstić information content (AvgIpc) is 3.01. The van der Waals surface area contributed by atoms with Gasteiger partial charge in [0.1, 0.15) is 17.2 Å². The van der Waals surface area contributed by atoms with Crippen LogP contribution in [0.25, 0.3) is 22.4 Å². The lowest BCUT2D eigenvalue weighted by Gasteiger charge is -2.05. The summed E-state index contributed by atoms with van der Waals surface area (Å²) >= 11 is 0. The number of aryl methyl sites for hydroxylation is 3. The number of rotatable bonds is 3. The van der Waals surface area contributed by atoms with Gasteiger partial charge in [0.05, 0.1) is 18.2 Å². The van der Waals surface area contributed by atoms with Gasteiger partial charge in [0.15, 0.2) is 0 Å². The molecular formula is C17H17N3O3. The number of nitrogens with zero attached hydrogens (tertiary/aromatic N) is 3. The number of aromatic nitrogens is 2. The second-order valence-corrected chi connectivity index (χ2v) is 5.37. The summed E-state index contributed by atoms with van der Waals surface area (Å²) in [5.41, 5.74) is 4.99. The number of aromatic hydroxyl groups is 1. The van der Waals surface area contributed by atoms with Crippen LogP contribution < -0.4 is 0 Å². The molecule has 0 bridgehead atoms. The first-order valence-corrected chi connectivity index (χ1v) is 7.11. The van der Waals surface area contributed by atoms with E-state index in [-0.39, 0.29) is 5.75 Å². The quantitative estimate of drug-likeness (QED) is 0.440. The molecule has 0 saturated heterocycles. The first-order valence-electron chi connectivity index (χ1n) is 7.11. The van der Waals surface area contributed by atoms with Crippen molar-refractivity contribution in [3.05, 3.63) is 47.5 Å². The molecule has 0 radical (unpaired) electrons. The first kappa shape index (κ1) is 14.9. The van der Waals surface area contributed by atoms with E-state index in [1.807, 2.05) is 13.8 Å². The third-order valence-electron chi connectivity index (χ3n) is 3.82. The monoisotopic (exact) mass is 311 g/mol. The lowest BCUT2D eigenvalue weighted by atomic mass is 9.97. The van der Waals surface area contributed by atoms with Crippen molar-refractivity contribution < 1.29 is 14.7 Å². The van der Waals surface area contributed by atoms with E-state index in [0.717, 1.165) is 33.7 Å². The van der Waals surface area contributed by atoms with Crippen molar-refractivity contribution in [2.45, 2.75) is 13.8 Å². The third-order valence-corrected chi connectivity index (χ3v) is 3.82. The van der Waals surface area contributed by atoms with Crippen molar-refractivity contribution in [1.82, 2.24) is 9.78 Å². The van der Waals surface area contributed by atoms with Gasteiger partial charge in [0.25, 0.3) is 0 Å².